The van der Waals surface area contributed by atoms with E-state index in [-0.39, 0.29) is 26.6 Å². The van der Waals surface area contributed by atoms with Gasteiger partial charge in [-0.15, -0.1) is 0 Å². The predicted octanol–water partition coefficient (Wildman–Crippen LogP) is 3.92. The molecule has 0 aromatic carbocycles. The Bertz CT molecular complexity index is 647. The van der Waals surface area contributed by atoms with Gasteiger partial charge in [-0.1, -0.05) is 34.8 Å². The van der Waals surface area contributed by atoms with Crippen LogP contribution in [0.5, 0.6) is 5.88 Å². The van der Waals surface area contributed by atoms with Crippen molar-refractivity contribution in [3.05, 3.63) is 39.1 Å². The minimum atomic E-state index is 0.126. The average Bonchev–Trinajstić information content (AvgIpc) is 2.40. The summed E-state index contributed by atoms with van der Waals surface area (Å²) in [6, 6.07) is 3.16. The number of carbonyl (C=O) groups is 1. The summed E-state index contributed by atoms with van der Waals surface area (Å²) < 4.78 is 5.03. The smallest absolute Gasteiger partial charge is 0.225 e. The molecule has 2 rings (SSSR count). The largest absolute Gasteiger partial charge is 0.480 e. The minimum absolute atomic E-state index is 0.126. The minimum Gasteiger partial charge on any atom is -0.480 e. The summed E-state index contributed by atoms with van der Waals surface area (Å²) in [6.07, 6.45) is 2.08. The topological polar surface area (TPSA) is 52.1 Å². The number of halogens is 3. The zero-order chi connectivity index (χ0) is 14.0. The molecule has 2 heterocycles. The number of carbonyl (C=O) groups excluding carboxylic acids is 1. The quantitative estimate of drug-likeness (QED) is 0.636. The average molecular weight is 318 g/mol. The van der Waals surface area contributed by atoms with Crippen LogP contribution in [-0.4, -0.2) is 23.4 Å². The van der Waals surface area contributed by atoms with Gasteiger partial charge in [0.1, 0.15) is 5.15 Å². The molecule has 7 heteroatoms. The van der Waals surface area contributed by atoms with Gasteiger partial charge in [0, 0.05) is 11.8 Å². The normalized spacial score (nSPS) is 10.3. The van der Waals surface area contributed by atoms with Crippen LogP contribution in [0.2, 0.25) is 15.2 Å². The van der Waals surface area contributed by atoms with Gasteiger partial charge < -0.3 is 4.74 Å². The molecule has 0 N–H and O–H groups in total. The van der Waals surface area contributed by atoms with Gasteiger partial charge in [0.25, 0.3) is 0 Å². The molecule has 0 unspecified atom stereocenters. The number of aromatic nitrogens is 2. The van der Waals surface area contributed by atoms with Crippen LogP contribution in [0.15, 0.2) is 18.3 Å². The lowest BCUT2D eigenvalue weighted by atomic mass is 10.1. The Morgan fingerprint density at radius 2 is 2.05 bits per heavy atom. The molecular formula is C12H7Cl3N2O2. The third kappa shape index (κ3) is 2.66. The van der Waals surface area contributed by atoms with Gasteiger partial charge in [-0.2, -0.15) is 0 Å². The molecule has 0 atom stereocenters. The van der Waals surface area contributed by atoms with Gasteiger partial charge in [-0.25, -0.2) is 9.97 Å². The number of hydrogen-bond acceptors (Lipinski definition) is 4. The maximum absolute atomic E-state index is 10.9. The van der Waals surface area contributed by atoms with E-state index in [0.29, 0.717) is 17.5 Å². The summed E-state index contributed by atoms with van der Waals surface area (Å²) in [5.74, 6) is 0.126. The van der Waals surface area contributed by atoms with Crippen LogP contribution >= 0.6 is 34.8 Å². The number of rotatable bonds is 3. The van der Waals surface area contributed by atoms with Crippen molar-refractivity contribution in [2.24, 2.45) is 0 Å². The van der Waals surface area contributed by atoms with Gasteiger partial charge >= 0.3 is 0 Å². The summed E-state index contributed by atoms with van der Waals surface area (Å²) in [6.45, 7) is 0. The molecule has 0 amide bonds. The number of pyridine rings is 2. The van der Waals surface area contributed by atoms with Crippen molar-refractivity contribution in [3.63, 3.8) is 0 Å². The van der Waals surface area contributed by atoms with Crippen LogP contribution in [0.4, 0.5) is 0 Å². The van der Waals surface area contributed by atoms with Crippen molar-refractivity contribution in [3.8, 4) is 17.1 Å². The number of methoxy groups -OCH3 is 1. The highest BCUT2D eigenvalue weighted by Gasteiger charge is 2.15. The molecule has 0 bridgehead atoms. The SMILES string of the molecule is COc1nc(-c2ccnc(Cl)c2Cl)cc(Cl)c1C=O. The van der Waals surface area contributed by atoms with Crippen LogP contribution in [0.25, 0.3) is 11.3 Å². The lowest BCUT2D eigenvalue weighted by Gasteiger charge is -2.09. The molecule has 2 aromatic rings. The maximum atomic E-state index is 10.9. The Balaban J connectivity index is 2.67. The first-order chi connectivity index (χ1) is 9.08. The van der Waals surface area contributed by atoms with E-state index in [2.05, 4.69) is 9.97 Å². The first kappa shape index (κ1) is 14.1. The third-order valence-electron chi connectivity index (χ3n) is 2.41. The lowest BCUT2D eigenvalue weighted by Crippen LogP contribution is -1.97. The van der Waals surface area contributed by atoms with Crippen molar-refractivity contribution >= 4 is 41.1 Å². The summed E-state index contributed by atoms with van der Waals surface area (Å²) in [7, 11) is 1.40. The Morgan fingerprint density at radius 3 is 2.68 bits per heavy atom. The molecule has 0 aliphatic carbocycles. The van der Waals surface area contributed by atoms with Crippen LogP contribution in [0.1, 0.15) is 10.4 Å². The van der Waals surface area contributed by atoms with Crippen LogP contribution < -0.4 is 4.74 Å². The van der Waals surface area contributed by atoms with Gasteiger partial charge in [-0.3, -0.25) is 4.79 Å². The Hall–Kier alpha value is -1.36. The Labute approximate surface area is 124 Å². The summed E-state index contributed by atoms with van der Waals surface area (Å²) in [4.78, 5) is 18.9. The molecule has 0 radical (unpaired) electrons. The molecule has 19 heavy (non-hydrogen) atoms. The van der Waals surface area contributed by atoms with E-state index in [1.54, 1.807) is 6.07 Å². The number of ether oxygens (including phenoxy) is 1. The van der Waals surface area contributed by atoms with E-state index in [1.165, 1.54) is 19.4 Å². The van der Waals surface area contributed by atoms with Crippen molar-refractivity contribution in [2.75, 3.05) is 7.11 Å². The van der Waals surface area contributed by atoms with Gasteiger partial charge in [0.15, 0.2) is 6.29 Å². The summed E-state index contributed by atoms with van der Waals surface area (Å²) >= 11 is 17.9. The number of nitrogens with zero attached hydrogens (tertiary/aromatic N) is 2. The predicted molar refractivity (Wildman–Crippen MR) is 74.4 cm³/mol. The van der Waals surface area contributed by atoms with Crippen LogP contribution in [0, 0.1) is 0 Å². The van der Waals surface area contributed by atoms with Crippen molar-refractivity contribution in [1.29, 1.82) is 0 Å². The molecule has 98 valence electrons. The van der Waals surface area contributed by atoms with E-state index in [4.69, 9.17) is 39.5 Å². The fourth-order valence-corrected chi connectivity index (χ4v) is 2.11. The molecule has 0 aliphatic heterocycles. The van der Waals surface area contributed by atoms with E-state index in [0.717, 1.165) is 0 Å². The third-order valence-corrected chi connectivity index (χ3v) is 3.49. The zero-order valence-electron chi connectivity index (χ0n) is 9.65. The van der Waals surface area contributed by atoms with Crippen molar-refractivity contribution in [2.45, 2.75) is 0 Å². The highest BCUT2D eigenvalue weighted by Crippen LogP contribution is 2.34. The molecule has 0 saturated carbocycles. The number of hydrogen-bond donors (Lipinski definition) is 0. The van der Waals surface area contributed by atoms with Gasteiger partial charge in [-0.05, 0) is 12.1 Å². The highest BCUT2D eigenvalue weighted by molar-refractivity contribution is 6.43. The fourth-order valence-electron chi connectivity index (χ4n) is 1.52. The Morgan fingerprint density at radius 1 is 1.32 bits per heavy atom. The van der Waals surface area contributed by atoms with Crippen molar-refractivity contribution < 1.29 is 9.53 Å². The first-order valence-electron chi connectivity index (χ1n) is 5.08. The molecule has 4 nitrogen and oxygen atoms in total. The summed E-state index contributed by atoms with van der Waals surface area (Å²) in [5, 5.41) is 0.644. The monoisotopic (exact) mass is 316 g/mol. The second-order valence-corrected chi connectivity index (χ2v) is 4.64. The van der Waals surface area contributed by atoms with E-state index in [1.807, 2.05) is 0 Å². The molecule has 0 fully saturated rings. The van der Waals surface area contributed by atoms with Crippen LogP contribution in [-0.2, 0) is 0 Å². The van der Waals surface area contributed by atoms with E-state index >= 15 is 0 Å². The number of aldehydes is 1. The molecular weight excluding hydrogens is 311 g/mol. The lowest BCUT2D eigenvalue weighted by molar-refractivity contribution is 0.112. The molecule has 0 saturated heterocycles. The summed E-state index contributed by atoms with van der Waals surface area (Å²) in [5.41, 5.74) is 1.19. The van der Waals surface area contributed by atoms with Gasteiger partial charge in [0.2, 0.25) is 5.88 Å². The van der Waals surface area contributed by atoms with Crippen molar-refractivity contribution in [1.82, 2.24) is 9.97 Å². The van der Waals surface area contributed by atoms with E-state index in [9.17, 15) is 4.79 Å². The Kier molecular flexibility index (Phi) is 4.24. The fraction of sp³-hybridized carbons (Fsp3) is 0.0833. The molecule has 0 aliphatic rings. The molecule has 0 spiro atoms. The second-order valence-electron chi connectivity index (χ2n) is 3.49. The second kappa shape index (κ2) is 5.74. The zero-order valence-corrected chi connectivity index (χ0v) is 11.9. The van der Waals surface area contributed by atoms with E-state index < -0.39 is 0 Å². The maximum Gasteiger partial charge on any atom is 0.225 e. The first-order valence-corrected chi connectivity index (χ1v) is 6.22. The van der Waals surface area contributed by atoms with Gasteiger partial charge in [0.05, 0.1) is 28.4 Å². The standard InChI is InChI=1S/C12H7Cl3N2O2/c1-19-12-7(5-18)8(13)4-9(17-12)6-2-3-16-11(15)10(6)14/h2-5H,1H3. The van der Waals surface area contributed by atoms with Crippen LogP contribution in [0.3, 0.4) is 0 Å². The molecule has 2 aromatic heterocycles. The highest BCUT2D eigenvalue weighted by atomic mass is 35.5.